The Balaban J connectivity index is 1.23. The van der Waals surface area contributed by atoms with Crippen LogP contribution < -0.4 is 11.3 Å². The summed E-state index contributed by atoms with van der Waals surface area (Å²) in [5.41, 5.74) is -3.27. The van der Waals surface area contributed by atoms with Crippen molar-refractivity contribution in [3.8, 4) is 22.3 Å². The fraction of sp³-hybridized carbons (Fsp3) is 0.362. The highest BCUT2D eigenvalue weighted by Gasteiger charge is 2.36. The minimum absolute atomic E-state index is 0.182. The van der Waals surface area contributed by atoms with Crippen molar-refractivity contribution in [1.29, 1.82) is 0 Å². The van der Waals surface area contributed by atoms with E-state index in [0.29, 0.717) is 60.4 Å². The monoisotopic (exact) mass is 820 g/mol. The van der Waals surface area contributed by atoms with E-state index in [9.17, 15) is 41.0 Å². The molecular weight excluding hydrogens is 774 g/mol. The average Bonchev–Trinajstić information content (AvgIpc) is 3.13. The summed E-state index contributed by atoms with van der Waals surface area (Å²) in [5, 5.41) is 11.5. The van der Waals surface area contributed by atoms with Gasteiger partial charge in [-0.15, -0.1) is 0 Å². The van der Waals surface area contributed by atoms with Crippen molar-refractivity contribution in [2.24, 2.45) is 0 Å². The predicted molar refractivity (Wildman–Crippen MR) is 216 cm³/mol. The van der Waals surface area contributed by atoms with Crippen LogP contribution in [0.25, 0.3) is 44.2 Å². The Morgan fingerprint density at radius 2 is 1.07 bits per heavy atom. The SMILES string of the molecule is CCc1ccc(-c2cc3ccc(CCC(CCc4ccc5cc(-c6ccc(C)cc6C(F)(F)F)c(=O)oc5c4)OC(C)(C)CC(C)(C)O)cc3oc2=O)c(C(F)(F)F)c1. The number of benzene rings is 4. The van der Waals surface area contributed by atoms with Gasteiger partial charge in [0.1, 0.15) is 11.2 Å². The molecule has 0 aliphatic carbocycles. The summed E-state index contributed by atoms with van der Waals surface area (Å²) >= 11 is 0. The van der Waals surface area contributed by atoms with E-state index < -0.39 is 45.9 Å². The summed E-state index contributed by atoms with van der Waals surface area (Å²) in [7, 11) is 0. The quantitative estimate of drug-likeness (QED) is 0.0922. The molecule has 6 rings (SSSR count). The molecule has 59 heavy (non-hydrogen) atoms. The molecule has 0 spiro atoms. The molecule has 1 N–H and O–H groups in total. The van der Waals surface area contributed by atoms with E-state index in [2.05, 4.69) is 0 Å². The maximum atomic E-state index is 14.0. The topological polar surface area (TPSA) is 89.9 Å². The first-order valence-electron chi connectivity index (χ1n) is 19.4. The number of hydrogen-bond acceptors (Lipinski definition) is 6. The molecule has 2 heterocycles. The van der Waals surface area contributed by atoms with Gasteiger partial charge in [-0.2, -0.15) is 26.3 Å². The van der Waals surface area contributed by atoms with E-state index >= 15 is 0 Å². The second kappa shape index (κ2) is 16.5. The molecule has 0 bridgehead atoms. The first kappa shape index (κ1) is 43.4. The van der Waals surface area contributed by atoms with Crippen LogP contribution in [0.15, 0.2) is 103 Å². The maximum Gasteiger partial charge on any atom is 0.417 e. The minimum Gasteiger partial charge on any atom is -0.422 e. The van der Waals surface area contributed by atoms with E-state index in [-0.39, 0.29) is 39.5 Å². The Hall–Kier alpha value is -5.20. The predicted octanol–water partition coefficient (Wildman–Crippen LogP) is 12.0. The van der Waals surface area contributed by atoms with Crippen molar-refractivity contribution >= 4 is 21.9 Å². The smallest absolute Gasteiger partial charge is 0.417 e. The largest absolute Gasteiger partial charge is 0.422 e. The Morgan fingerprint density at radius 3 is 1.53 bits per heavy atom. The highest BCUT2D eigenvalue weighted by Crippen LogP contribution is 2.39. The highest BCUT2D eigenvalue weighted by molar-refractivity contribution is 5.84. The van der Waals surface area contributed by atoms with Crippen LogP contribution in [0, 0.1) is 6.92 Å². The van der Waals surface area contributed by atoms with Gasteiger partial charge in [0.25, 0.3) is 0 Å². The van der Waals surface area contributed by atoms with Crippen molar-refractivity contribution in [2.45, 2.75) is 110 Å². The van der Waals surface area contributed by atoms with Crippen LogP contribution in [0.5, 0.6) is 0 Å². The van der Waals surface area contributed by atoms with Crippen LogP contribution in [0.4, 0.5) is 26.3 Å². The molecule has 0 aliphatic rings. The van der Waals surface area contributed by atoms with E-state index in [1.807, 2.05) is 26.0 Å². The van der Waals surface area contributed by atoms with Crippen molar-refractivity contribution in [2.75, 3.05) is 0 Å². The molecule has 6 nitrogen and oxygen atoms in total. The minimum atomic E-state index is -4.67. The molecule has 0 amide bonds. The standard InChI is InChI=1S/C47H46F6O6/c1-7-28-13-19-35(39(21-28)47(51,52)53)37-25-32-15-10-30(23-41(32)58-43(37)55)12-17-33(59-45(5,6)26-44(3,4)56)16-11-29-9-14-31-24-36(42(54)57-40(31)22-29)34-18-8-27(2)20-38(34)46(48,49)50/h8-10,13-15,18-25,33,56H,7,11-12,16-17,26H2,1-6H3. The lowest BCUT2D eigenvalue weighted by atomic mass is 9.91. The fourth-order valence-corrected chi connectivity index (χ4v) is 7.86. The van der Waals surface area contributed by atoms with Crippen LogP contribution in [-0.4, -0.2) is 22.4 Å². The van der Waals surface area contributed by atoms with Crippen molar-refractivity contribution in [3.63, 3.8) is 0 Å². The summed E-state index contributed by atoms with van der Waals surface area (Å²) < 4.78 is 102. The Labute approximate surface area is 337 Å². The summed E-state index contributed by atoms with van der Waals surface area (Å²) in [4.78, 5) is 26.2. The van der Waals surface area contributed by atoms with Gasteiger partial charge in [-0.05, 0) is 120 Å². The summed E-state index contributed by atoms with van der Waals surface area (Å²) in [6, 6.07) is 21.0. The second-order valence-corrected chi connectivity index (χ2v) is 16.5. The molecule has 0 aliphatic heterocycles. The van der Waals surface area contributed by atoms with Crippen molar-refractivity contribution in [1.82, 2.24) is 0 Å². The lowest BCUT2D eigenvalue weighted by Gasteiger charge is -2.35. The number of alkyl halides is 6. The van der Waals surface area contributed by atoms with Crippen molar-refractivity contribution in [3.05, 3.63) is 139 Å². The Bertz CT molecular complexity index is 2610. The van der Waals surface area contributed by atoms with Gasteiger partial charge in [-0.25, -0.2) is 9.59 Å². The van der Waals surface area contributed by atoms with E-state index in [1.165, 1.54) is 30.3 Å². The Morgan fingerprint density at radius 1 is 0.610 bits per heavy atom. The van der Waals surface area contributed by atoms with Gasteiger partial charge in [-0.3, -0.25) is 0 Å². The summed E-state index contributed by atoms with van der Waals surface area (Å²) in [6.45, 7) is 10.5. The molecule has 1 atom stereocenters. The van der Waals surface area contributed by atoms with Gasteiger partial charge in [0.05, 0.1) is 39.6 Å². The molecule has 0 fully saturated rings. The van der Waals surface area contributed by atoms with Crippen LogP contribution in [0.3, 0.4) is 0 Å². The van der Waals surface area contributed by atoms with Gasteiger partial charge >= 0.3 is 23.6 Å². The molecule has 12 heteroatoms. The maximum absolute atomic E-state index is 14.0. The van der Waals surface area contributed by atoms with Crippen LogP contribution in [-0.2, 0) is 36.4 Å². The molecule has 312 valence electrons. The fourth-order valence-electron chi connectivity index (χ4n) is 7.86. The van der Waals surface area contributed by atoms with Gasteiger partial charge in [0.15, 0.2) is 0 Å². The number of rotatable bonds is 13. The van der Waals surface area contributed by atoms with E-state index in [1.54, 1.807) is 58.0 Å². The van der Waals surface area contributed by atoms with E-state index in [0.717, 1.165) is 23.3 Å². The third-order valence-corrected chi connectivity index (χ3v) is 10.3. The van der Waals surface area contributed by atoms with Gasteiger partial charge in [0, 0.05) is 28.3 Å². The molecule has 0 radical (unpaired) electrons. The van der Waals surface area contributed by atoms with Crippen LogP contribution in [0.2, 0.25) is 0 Å². The van der Waals surface area contributed by atoms with Gasteiger partial charge < -0.3 is 18.7 Å². The normalized spacial score (nSPS) is 13.4. The molecule has 0 saturated heterocycles. The molecule has 2 aromatic heterocycles. The third kappa shape index (κ3) is 10.5. The molecule has 0 saturated carbocycles. The first-order valence-corrected chi connectivity index (χ1v) is 19.4. The molecular formula is C47H46F6O6. The number of halogens is 6. The number of hydrogen-bond donors (Lipinski definition) is 1. The first-order chi connectivity index (χ1) is 27.5. The Kier molecular flexibility index (Phi) is 12.1. The lowest BCUT2D eigenvalue weighted by molar-refractivity contribution is -0.138. The number of fused-ring (bicyclic) bond motifs is 2. The van der Waals surface area contributed by atoms with E-state index in [4.69, 9.17) is 13.6 Å². The van der Waals surface area contributed by atoms with Crippen LogP contribution >= 0.6 is 0 Å². The zero-order chi connectivity index (χ0) is 43.1. The molecule has 4 aromatic carbocycles. The van der Waals surface area contributed by atoms with Crippen LogP contribution in [0.1, 0.15) is 87.3 Å². The zero-order valence-electron chi connectivity index (χ0n) is 33.7. The number of aliphatic hydroxyl groups is 1. The third-order valence-electron chi connectivity index (χ3n) is 10.3. The average molecular weight is 821 g/mol. The molecule has 6 aromatic rings. The van der Waals surface area contributed by atoms with Gasteiger partial charge in [0.2, 0.25) is 0 Å². The highest BCUT2D eigenvalue weighted by atomic mass is 19.4. The second-order valence-electron chi connectivity index (χ2n) is 16.5. The number of aryl methyl sites for hydroxylation is 4. The number of ether oxygens (including phenoxy) is 1. The van der Waals surface area contributed by atoms with Gasteiger partial charge in [-0.1, -0.05) is 61.0 Å². The molecule has 1 unspecified atom stereocenters. The summed E-state index contributed by atoms with van der Waals surface area (Å²) in [6.07, 6.45) is -6.98. The lowest BCUT2D eigenvalue weighted by Crippen LogP contribution is -2.38. The zero-order valence-corrected chi connectivity index (χ0v) is 33.7. The summed E-state index contributed by atoms with van der Waals surface area (Å²) in [5.74, 6) is 0. The van der Waals surface area contributed by atoms with Crippen molar-refractivity contribution < 1.29 is 45.0 Å².